The van der Waals surface area contributed by atoms with Crippen molar-refractivity contribution >= 4 is 29.2 Å². The highest BCUT2D eigenvalue weighted by molar-refractivity contribution is 6.34. The Morgan fingerprint density at radius 2 is 2.05 bits per heavy atom. The molecule has 0 saturated carbocycles. The number of aromatic carboxylic acids is 1. The highest BCUT2D eigenvalue weighted by atomic mass is 35.5. The number of hydrogen-bond donors (Lipinski definition) is 2. The minimum absolute atomic E-state index is 0.0603. The van der Waals surface area contributed by atoms with Crippen molar-refractivity contribution < 1.29 is 24.2 Å². The average molecular weight is 302 g/mol. The molecule has 1 aromatic carbocycles. The van der Waals surface area contributed by atoms with Gasteiger partial charge in [-0.15, -0.1) is 0 Å². The van der Waals surface area contributed by atoms with E-state index in [0.29, 0.717) is 18.7 Å². The first-order valence-corrected chi connectivity index (χ1v) is 6.27. The molecule has 7 heteroatoms. The fraction of sp³-hybridized carbons (Fsp3) is 0.385. The first-order valence-electron chi connectivity index (χ1n) is 5.89. The Balaban J connectivity index is 2.85. The zero-order valence-corrected chi connectivity index (χ0v) is 12.0. The van der Waals surface area contributed by atoms with E-state index >= 15 is 0 Å². The second-order valence-electron chi connectivity index (χ2n) is 3.98. The van der Waals surface area contributed by atoms with E-state index in [2.05, 4.69) is 5.32 Å². The van der Waals surface area contributed by atoms with E-state index in [1.807, 2.05) is 0 Å². The molecule has 0 aliphatic heterocycles. The van der Waals surface area contributed by atoms with Gasteiger partial charge in [0.2, 0.25) is 5.91 Å². The van der Waals surface area contributed by atoms with Crippen LogP contribution >= 0.6 is 11.6 Å². The SMILES string of the molecule is COCCCC(=O)Nc1cc(OC)c(C(=O)O)cc1Cl. The molecule has 6 nitrogen and oxygen atoms in total. The Morgan fingerprint density at radius 1 is 1.35 bits per heavy atom. The minimum atomic E-state index is -1.15. The van der Waals surface area contributed by atoms with E-state index in [1.54, 1.807) is 7.11 Å². The van der Waals surface area contributed by atoms with Gasteiger partial charge in [0, 0.05) is 26.2 Å². The molecule has 0 spiro atoms. The Labute approximate surface area is 121 Å². The van der Waals surface area contributed by atoms with Gasteiger partial charge in [0.1, 0.15) is 11.3 Å². The standard InChI is InChI=1S/C13H16ClNO5/c1-19-5-3-4-12(16)15-10-7-11(20-2)8(13(17)18)6-9(10)14/h6-7H,3-5H2,1-2H3,(H,15,16)(H,17,18). The van der Waals surface area contributed by atoms with Gasteiger partial charge in [-0.3, -0.25) is 4.79 Å². The topological polar surface area (TPSA) is 84.9 Å². The van der Waals surface area contributed by atoms with Crippen LogP contribution in [-0.2, 0) is 9.53 Å². The third-order valence-corrected chi connectivity index (χ3v) is 2.86. The van der Waals surface area contributed by atoms with Crippen molar-refractivity contribution in [2.75, 3.05) is 26.1 Å². The molecule has 0 bridgehead atoms. The molecule has 0 unspecified atom stereocenters. The number of carbonyl (C=O) groups is 2. The van der Waals surface area contributed by atoms with Gasteiger partial charge >= 0.3 is 5.97 Å². The molecule has 0 aromatic heterocycles. The summed E-state index contributed by atoms with van der Waals surface area (Å²) in [6.07, 6.45) is 0.872. The van der Waals surface area contributed by atoms with E-state index in [0.717, 1.165) is 0 Å². The first kappa shape index (κ1) is 16.3. The van der Waals surface area contributed by atoms with Crippen LogP contribution in [0.15, 0.2) is 12.1 Å². The Morgan fingerprint density at radius 3 is 2.60 bits per heavy atom. The van der Waals surface area contributed by atoms with Gasteiger partial charge in [-0.1, -0.05) is 11.6 Å². The molecular formula is C13H16ClNO5. The number of halogens is 1. The predicted molar refractivity (Wildman–Crippen MR) is 74.7 cm³/mol. The van der Waals surface area contributed by atoms with Crippen molar-refractivity contribution in [1.29, 1.82) is 0 Å². The summed E-state index contributed by atoms with van der Waals surface area (Å²) in [5.74, 6) is -1.25. The van der Waals surface area contributed by atoms with E-state index in [-0.39, 0.29) is 28.7 Å². The maximum atomic E-state index is 11.7. The van der Waals surface area contributed by atoms with E-state index in [1.165, 1.54) is 19.2 Å². The van der Waals surface area contributed by atoms with Crippen LogP contribution in [-0.4, -0.2) is 37.8 Å². The normalized spacial score (nSPS) is 10.2. The van der Waals surface area contributed by atoms with Crippen LogP contribution in [0, 0.1) is 0 Å². The Kier molecular flexibility index (Phi) is 6.27. The van der Waals surface area contributed by atoms with Gasteiger partial charge in [-0.2, -0.15) is 0 Å². The lowest BCUT2D eigenvalue weighted by molar-refractivity contribution is -0.116. The van der Waals surface area contributed by atoms with Crippen LogP contribution in [0.3, 0.4) is 0 Å². The van der Waals surface area contributed by atoms with Crippen molar-refractivity contribution in [2.45, 2.75) is 12.8 Å². The molecular weight excluding hydrogens is 286 g/mol. The number of amides is 1. The third kappa shape index (κ3) is 4.40. The number of anilines is 1. The number of carboxylic acids is 1. The maximum absolute atomic E-state index is 11.7. The number of carboxylic acid groups (broad SMARTS) is 1. The maximum Gasteiger partial charge on any atom is 0.339 e. The van der Waals surface area contributed by atoms with E-state index in [9.17, 15) is 9.59 Å². The number of rotatable bonds is 7. The van der Waals surface area contributed by atoms with Crippen molar-refractivity contribution in [1.82, 2.24) is 0 Å². The summed E-state index contributed by atoms with van der Waals surface area (Å²) in [5.41, 5.74) is 0.255. The van der Waals surface area contributed by atoms with E-state index < -0.39 is 5.97 Å². The molecule has 1 amide bonds. The van der Waals surface area contributed by atoms with Gasteiger partial charge in [0.15, 0.2) is 0 Å². The number of carbonyl (C=O) groups excluding carboxylic acids is 1. The molecule has 0 aliphatic rings. The molecule has 0 heterocycles. The number of nitrogens with one attached hydrogen (secondary N) is 1. The Hall–Kier alpha value is -1.79. The molecule has 0 fully saturated rings. The lowest BCUT2D eigenvalue weighted by Crippen LogP contribution is -2.13. The molecule has 0 aliphatic carbocycles. The van der Waals surface area contributed by atoms with E-state index in [4.69, 9.17) is 26.2 Å². The number of methoxy groups -OCH3 is 2. The molecule has 0 radical (unpaired) electrons. The lowest BCUT2D eigenvalue weighted by Gasteiger charge is -2.11. The van der Waals surface area contributed by atoms with Crippen LogP contribution < -0.4 is 10.1 Å². The van der Waals surface area contributed by atoms with Crippen LogP contribution in [0.25, 0.3) is 0 Å². The van der Waals surface area contributed by atoms with Gasteiger partial charge in [-0.25, -0.2) is 4.79 Å². The monoisotopic (exact) mass is 301 g/mol. The van der Waals surface area contributed by atoms with Crippen LogP contribution in [0.4, 0.5) is 5.69 Å². The highest BCUT2D eigenvalue weighted by Gasteiger charge is 2.16. The third-order valence-electron chi connectivity index (χ3n) is 2.55. The quantitative estimate of drug-likeness (QED) is 0.755. The smallest absolute Gasteiger partial charge is 0.339 e. The molecule has 1 rings (SSSR count). The van der Waals surface area contributed by atoms with Crippen molar-refractivity contribution in [2.24, 2.45) is 0 Å². The minimum Gasteiger partial charge on any atom is -0.496 e. The molecule has 2 N–H and O–H groups in total. The van der Waals surface area contributed by atoms with Crippen LogP contribution in [0.5, 0.6) is 5.75 Å². The van der Waals surface area contributed by atoms with Crippen LogP contribution in [0.1, 0.15) is 23.2 Å². The lowest BCUT2D eigenvalue weighted by atomic mass is 10.1. The van der Waals surface area contributed by atoms with Crippen molar-refractivity contribution in [3.05, 3.63) is 22.7 Å². The second kappa shape index (κ2) is 7.72. The van der Waals surface area contributed by atoms with Crippen molar-refractivity contribution in [3.8, 4) is 5.75 Å². The summed E-state index contributed by atoms with van der Waals surface area (Å²) in [5, 5.41) is 11.7. The molecule has 110 valence electrons. The van der Waals surface area contributed by atoms with Gasteiger partial charge in [0.25, 0.3) is 0 Å². The zero-order chi connectivity index (χ0) is 15.1. The Bertz CT molecular complexity index is 504. The van der Waals surface area contributed by atoms with Gasteiger partial charge in [-0.05, 0) is 12.5 Å². The highest BCUT2D eigenvalue weighted by Crippen LogP contribution is 2.31. The van der Waals surface area contributed by atoms with Gasteiger partial charge in [0.05, 0.1) is 17.8 Å². The first-order chi connectivity index (χ1) is 9.49. The fourth-order valence-electron chi connectivity index (χ4n) is 1.57. The molecule has 0 saturated heterocycles. The molecule has 0 atom stereocenters. The van der Waals surface area contributed by atoms with Crippen molar-refractivity contribution in [3.63, 3.8) is 0 Å². The number of hydrogen-bond acceptors (Lipinski definition) is 4. The number of ether oxygens (including phenoxy) is 2. The van der Waals surface area contributed by atoms with Crippen LogP contribution in [0.2, 0.25) is 5.02 Å². The molecule has 1 aromatic rings. The average Bonchev–Trinajstić information content (AvgIpc) is 2.40. The summed E-state index contributed by atoms with van der Waals surface area (Å²) in [6, 6.07) is 2.63. The summed E-state index contributed by atoms with van der Waals surface area (Å²) in [6.45, 7) is 0.489. The number of benzene rings is 1. The summed E-state index contributed by atoms with van der Waals surface area (Å²) < 4.78 is 9.83. The predicted octanol–water partition coefficient (Wildman–Crippen LogP) is 2.41. The summed E-state index contributed by atoms with van der Waals surface area (Å²) >= 11 is 5.95. The largest absolute Gasteiger partial charge is 0.496 e. The van der Waals surface area contributed by atoms with Gasteiger partial charge < -0.3 is 19.9 Å². The summed E-state index contributed by atoms with van der Waals surface area (Å²) in [7, 11) is 2.91. The second-order valence-corrected chi connectivity index (χ2v) is 4.39. The zero-order valence-electron chi connectivity index (χ0n) is 11.2. The molecule has 20 heavy (non-hydrogen) atoms. The summed E-state index contributed by atoms with van der Waals surface area (Å²) in [4.78, 5) is 22.7. The fourth-order valence-corrected chi connectivity index (χ4v) is 1.79.